The van der Waals surface area contributed by atoms with Crippen LogP contribution in [0.15, 0.2) is 0 Å². The second-order valence-corrected chi connectivity index (χ2v) is 6.60. The van der Waals surface area contributed by atoms with E-state index in [1.165, 1.54) is 45.1 Å². The first-order valence-electron chi connectivity index (χ1n) is 7.94. The second kappa shape index (κ2) is 5.20. The van der Waals surface area contributed by atoms with Crippen LogP contribution in [0.5, 0.6) is 0 Å². The normalized spacial score (nSPS) is 39.4. The zero-order valence-electron chi connectivity index (χ0n) is 11.6. The molecule has 0 aromatic carbocycles. The fourth-order valence-electron chi connectivity index (χ4n) is 4.12. The van der Waals surface area contributed by atoms with E-state index in [1.807, 2.05) is 4.90 Å². The molecule has 2 unspecified atom stereocenters. The Kier molecular flexibility index (Phi) is 3.60. The van der Waals surface area contributed by atoms with Gasteiger partial charge in [-0.3, -0.25) is 4.79 Å². The van der Waals surface area contributed by atoms with E-state index in [1.54, 1.807) is 0 Å². The average Bonchev–Trinajstić information content (AvgIpc) is 3.14. The predicted octanol–water partition coefficient (Wildman–Crippen LogP) is 0.891. The third-order valence-electron chi connectivity index (χ3n) is 5.13. The number of hydrogen-bond donors (Lipinski definition) is 2. The van der Waals surface area contributed by atoms with Gasteiger partial charge in [-0.1, -0.05) is 6.92 Å². The molecule has 18 heavy (non-hydrogen) atoms. The zero-order chi connectivity index (χ0) is 12.5. The maximum Gasteiger partial charge on any atom is 0.223 e. The summed E-state index contributed by atoms with van der Waals surface area (Å²) in [6, 6.07) is 2.12. The summed E-state index contributed by atoms with van der Waals surface area (Å²) < 4.78 is 0. The maximum atomic E-state index is 11.9. The molecule has 4 atom stereocenters. The molecule has 3 heteroatoms. The van der Waals surface area contributed by atoms with E-state index in [0.29, 0.717) is 17.9 Å². The first kappa shape index (κ1) is 12.5. The van der Waals surface area contributed by atoms with Crippen LogP contribution in [0, 0.1) is 5.92 Å². The SMILES string of the molecule is CCC[NH+]1[C@@H]2CCC[C@H]1CC(NC(=O)C1CC1)C2. The van der Waals surface area contributed by atoms with Gasteiger partial charge in [0, 0.05) is 24.8 Å². The number of carbonyl (C=O) groups excluding carboxylic acids is 1. The number of quaternary nitrogens is 1. The third kappa shape index (κ3) is 2.56. The highest BCUT2D eigenvalue weighted by atomic mass is 16.2. The molecule has 2 aliphatic heterocycles. The lowest BCUT2D eigenvalue weighted by molar-refractivity contribution is -0.961. The van der Waals surface area contributed by atoms with Crippen LogP contribution in [0.1, 0.15) is 58.3 Å². The maximum absolute atomic E-state index is 11.9. The van der Waals surface area contributed by atoms with Gasteiger partial charge < -0.3 is 10.2 Å². The Balaban J connectivity index is 1.58. The Morgan fingerprint density at radius 2 is 1.83 bits per heavy atom. The van der Waals surface area contributed by atoms with Crippen LogP contribution in [0.3, 0.4) is 0 Å². The molecule has 3 aliphatic rings. The predicted molar refractivity (Wildman–Crippen MR) is 71.4 cm³/mol. The van der Waals surface area contributed by atoms with Gasteiger partial charge in [0.25, 0.3) is 0 Å². The Morgan fingerprint density at radius 3 is 2.39 bits per heavy atom. The fourth-order valence-corrected chi connectivity index (χ4v) is 4.12. The van der Waals surface area contributed by atoms with Gasteiger partial charge in [-0.25, -0.2) is 0 Å². The molecule has 0 aromatic rings. The summed E-state index contributed by atoms with van der Waals surface area (Å²) in [5.74, 6) is 0.711. The van der Waals surface area contributed by atoms with Gasteiger partial charge >= 0.3 is 0 Å². The van der Waals surface area contributed by atoms with Crippen molar-refractivity contribution in [2.24, 2.45) is 5.92 Å². The van der Waals surface area contributed by atoms with E-state index >= 15 is 0 Å². The minimum Gasteiger partial charge on any atom is -0.353 e. The molecule has 2 heterocycles. The van der Waals surface area contributed by atoms with Crippen molar-refractivity contribution in [2.75, 3.05) is 6.54 Å². The number of carbonyl (C=O) groups is 1. The minimum absolute atomic E-state index is 0.344. The van der Waals surface area contributed by atoms with E-state index in [4.69, 9.17) is 0 Å². The van der Waals surface area contributed by atoms with Gasteiger partial charge in [-0.05, 0) is 38.5 Å². The van der Waals surface area contributed by atoms with Crippen molar-refractivity contribution in [1.29, 1.82) is 0 Å². The van der Waals surface area contributed by atoms with Crippen LogP contribution < -0.4 is 10.2 Å². The molecule has 3 fully saturated rings. The van der Waals surface area contributed by atoms with Crippen LogP contribution in [-0.2, 0) is 4.79 Å². The number of amides is 1. The molecule has 2 saturated heterocycles. The van der Waals surface area contributed by atoms with Gasteiger partial charge in [0.05, 0.1) is 18.6 Å². The van der Waals surface area contributed by atoms with Gasteiger partial charge in [0.1, 0.15) is 0 Å². The van der Waals surface area contributed by atoms with Crippen molar-refractivity contribution < 1.29 is 9.69 Å². The lowest BCUT2D eigenvalue weighted by Crippen LogP contribution is -3.21. The number of nitrogens with one attached hydrogen (secondary N) is 2. The Morgan fingerprint density at radius 1 is 1.17 bits per heavy atom. The van der Waals surface area contributed by atoms with Gasteiger partial charge in [-0.2, -0.15) is 0 Å². The molecule has 102 valence electrons. The smallest absolute Gasteiger partial charge is 0.223 e. The molecule has 3 nitrogen and oxygen atoms in total. The third-order valence-corrected chi connectivity index (χ3v) is 5.13. The number of hydrogen-bond acceptors (Lipinski definition) is 1. The largest absolute Gasteiger partial charge is 0.353 e. The van der Waals surface area contributed by atoms with Crippen LogP contribution >= 0.6 is 0 Å². The monoisotopic (exact) mass is 251 g/mol. The summed E-state index contributed by atoms with van der Waals surface area (Å²) in [5.41, 5.74) is 0. The van der Waals surface area contributed by atoms with Gasteiger partial charge in [0.15, 0.2) is 0 Å². The topological polar surface area (TPSA) is 33.5 Å². The van der Waals surface area contributed by atoms with Gasteiger partial charge in [-0.15, -0.1) is 0 Å². The molecule has 0 aromatic heterocycles. The van der Waals surface area contributed by atoms with E-state index in [0.717, 1.165) is 24.9 Å². The highest BCUT2D eigenvalue weighted by Gasteiger charge is 2.42. The van der Waals surface area contributed by atoms with E-state index in [9.17, 15) is 4.79 Å². The van der Waals surface area contributed by atoms with Crippen molar-refractivity contribution in [2.45, 2.75) is 76.4 Å². The van der Waals surface area contributed by atoms with Gasteiger partial charge in [0.2, 0.25) is 5.91 Å². The number of fused-ring (bicyclic) bond motifs is 2. The molecular weight excluding hydrogens is 224 g/mol. The molecule has 3 rings (SSSR count). The first-order valence-corrected chi connectivity index (χ1v) is 7.94. The molecule has 1 aliphatic carbocycles. The standard InChI is InChI=1S/C15H26N2O/c1-2-8-17-13-4-3-5-14(17)10-12(9-13)16-15(18)11-6-7-11/h11-14H,2-10H2,1H3,(H,16,18)/p+1/t12?,13-,14+. The summed E-state index contributed by atoms with van der Waals surface area (Å²) in [4.78, 5) is 13.7. The molecular formula is C15H27N2O+. The molecule has 1 saturated carbocycles. The summed E-state index contributed by atoms with van der Waals surface area (Å²) >= 11 is 0. The van der Waals surface area contributed by atoms with Crippen molar-refractivity contribution in [3.63, 3.8) is 0 Å². The summed E-state index contributed by atoms with van der Waals surface area (Å²) in [7, 11) is 0. The quantitative estimate of drug-likeness (QED) is 0.764. The highest BCUT2D eigenvalue weighted by molar-refractivity contribution is 5.81. The lowest BCUT2D eigenvalue weighted by Gasteiger charge is -2.46. The molecule has 0 spiro atoms. The minimum atomic E-state index is 0.344. The molecule has 1 amide bonds. The van der Waals surface area contributed by atoms with E-state index < -0.39 is 0 Å². The average molecular weight is 251 g/mol. The van der Waals surface area contributed by atoms with E-state index in [2.05, 4.69) is 12.2 Å². The van der Waals surface area contributed by atoms with Crippen molar-refractivity contribution >= 4 is 5.91 Å². The van der Waals surface area contributed by atoms with Crippen molar-refractivity contribution in [1.82, 2.24) is 5.32 Å². The van der Waals surface area contributed by atoms with Crippen molar-refractivity contribution in [3.05, 3.63) is 0 Å². The first-order chi connectivity index (χ1) is 8.78. The van der Waals surface area contributed by atoms with Crippen LogP contribution in [0.4, 0.5) is 0 Å². The number of piperidine rings is 2. The summed E-state index contributed by atoms with van der Waals surface area (Å²) in [5, 5.41) is 3.32. The zero-order valence-corrected chi connectivity index (χ0v) is 11.6. The number of rotatable bonds is 4. The summed E-state index contributed by atoms with van der Waals surface area (Å²) in [6.45, 7) is 3.63. The van der Waals surface area contributed by atoms with Crippen LogP contribution in [0.25, 0.3) is 0 Å². The molecule has 2 N–H and O–H groups in total. The van der Waals surface area contributed by atoms with Crippen LogP contribution in [-0.4, -0.2) is 30.6 Å². The lowest BCUT2D eigenvalue weighted by atomic mass is 9.81. The Hall–Kier alpha value is -0.570. The van der Waals surface area contributed by atoms with E-state index in [-0.39, 0.29) is 0 Å². The Labute approximate surface area is 110 Å². The van der Waals surface area contributed by atoms with Crippen LogP contribution in [0.2, 0.25) is 0 Å². The fraction of sp³-hybridized carbons (Fsp3) is 0.933. The second-order valence-electron chi connectivity index (χ2n) is 6.60. The molecule has 2 bridgehead atoms. The molecule has 0 radical (unpaired) electrons. The summed E-state index contributed by atoms with van der Waals surface area (Å²) in [6.07, 6.45) is 10.2. The Bertz CT molecular complexity index is 300. The van der Waals surface area contributed by atoms with Crippen molar-refractivity contribution in [3.8, 4) is 0 Å². The highest BCUT2D eigenvalue weighted by Crippen LogP contribution is 2.30.